The number of nitrogens with zero attached hydrogens (tertiary/aromatic N) is 3. The highest BCUT2D eigenvalue weighted by Gasteiger charge is 2.28. The van der Waals surface area contributed by atoms with Gasteiger partial charge in [0.15, 0.2) is 5.96 Å². The van der Waals surface area contributed by atoms with E-state index >= 15 is 0 Å². The Labute approximate surface area is 163 Å². The Bertz CT molecular complexity index is 680. The number of nitrogens with one attached hydrogen (secondary N) is 2. The summed E-state index contributed by atoms with van der Waals surface area (Å²) in [5.41, 5.74) is 1.40. The highest BCUT2D eigenvalue weighted by atomic mass is 15.2. The fraction of sp³-hybridized carbons (Fsp3) is 0.500. The molecule has 1 aliphatic rings. The number of aromatic nitrogens is 1. The summed E-state index contributed by atoms with van der Waals surface area (Å²) < 4.78 is 2.18. The van der Waals surface area contributed by atoms with Gasteiger partial charge in [-0.3, -0.25) is 9.89 Å². The molecule has 1 aromatic heterocycles. The second-order valence-corrected chi connectivity index (χ2v) is 7.43. The summed E-state index contributed by atoms with van der Waals surface area (Å²) in [4.78, 5) is 7.43. The summed E-state index contributed by atoms with van der Waals surface area (Å²) in [6.07, 6.45) is 5.40. The zero-order valence-corrected chi connectivity index (χ0v) is 16.6. The van der Waals surface area contributed by atoms with Gasteiger partial charge in [-0.25, -0.2) is 0 Å². The summed E-state index contributed by atoms with van der Waals surface area (Å²) >= 11 is 0. The lowest BCUT2D eigenvalue weighted by atomic mass is 10.1. The monoisotopic (exact) mass is 367 g/mol. The molecule has 3 rings (SSSR count). The molecule has 0 saturated carbocycles. The van der Waals surface area contributed by atoms with E-state index in [1.54, 1.807) is 0 Å². The van der Waals surface area contributed by atoms with Crippen molar-refractivity contribution in [3.8, 4) is 0 Å². The Morgan fingerprint density at radius 3 is 2.63 bits per heavy atom. The van der Waals surface area contributed by atoms with Gasteiger partial charge < -0.3 is 15.2 Å². The second-order valence-electron chi connectivity index (χ2n) is 7.43. The van der Waals surface area contributed by atoms with Gasteiger partial charge in [0.05, 0.1) is 0 Å². The van der Waals surface area contributed by atoms with Crippen LogP contribution in [0.1, 0.15) is 25.8 Å². The van der Waals surface area contributed by atoms with Crippen LogP contribution >= 0.6 is 0 Å². The van der Waals surface area contributed by atoms with E-state index in [0.717, 1.165) is 45.2 Å². The van der Waals surface area contributed by atoms with Gasteiger partial charge in [0.25, 0.3) is 0 Å². The molecule has 2 atom stereocenters. The predicted molar refractivity (Wildman–Crippen MR) is 113 cm³/mol. The van der Waals surface area contributed by atoms with Gasteiger partial charge in [-0.05, 0) is 43.9 Å². The molecule has 2 heterocycles. The first-order valence-electron chi connectivity index (χ1n) is 10.2. The lowest BCUT2D eigenvalue weighted by Crippen LogP contribution is -2.39. The minimum atomic E-state index is 0.620. The normalized spacial score (nSPS) is 20.7. The first kappa shape index (κ1) is 19.5. The predicted octanol–water partition coefficient (Wildman–Crippen LogP) is 2.95. The summed E-state index contributed by atoms with van der Waals surface area (Å²) in [5, 5.41) is 6.81. The number of hydrogen-bond donors (Lipinski definition) is 2. The van der Waals surface area contributed by atoms with Crippen LogP contribution < -0.4 is 10.6 Å². The number of benzene rings is 1. The Hall–Kier alpha value is -2.27. The van der Waals surface area contributed by atoms with Crippen LogP contribution in [0.2, 0.25) is 0 Å². The van der Waals surface area contributed by atoms with Crippen LogP contribution in [0.15, 0.2) is 59.9 Å². The van der Waals surface area contributed by atoms with E-state index in [2.05, 4.69) is 88.8 Å². The first-order valence-corrected chi connectivity index (χ1v) is 10.2. The van der Waals surface area contributed by atoms with Gasteiger partial charge in [-0.1, -0.05) is 30.3 Å². The number of guanidine groups is 1. The molecule has 1 saturated heterocycles. The average Bonchev–Trinajstić information content (AvgIpc) is 3.31. The Morgan fingerprint density at radius 1 is 1.11 bits per heavy atom. The molecule has 1 aromatic carbocycles. The van der Waals surface area contributed by atoms with E-state index in [4.69, 9.17) is 4.99 Å². The van der Waals surface area contributed by atoms with Crippen molar-refractivity contribution < 1.29 is 0 Å². The summed E-state index contributed by atoms with van der Waals surface area (Å²) in [6, 6.07) is 15.5. The van der Waals surface area contributed by atoms with Crippen molar-refractivity contribution in [3.05, 3.63) is 60.4 Å². The molecule has 0 bridgehead atoms. The number of aliphatic imine (C=N–C) groups is 1. The number of rotatable bonds is 8. The van der Waals surface area contributed by atoms with Gasteiger partial charge in [0.2, 0.25) is 0 Å². The minimum Gasteiger partial charge on any atom is -0.357 e. The maximum Gasteiger partial charge on any atom is 0.191 e. The van der Waals surface area contributed by atoms with Crippen LogP contribution in [0, 0.1) is 5.92 Å². The smallest absolute Gasteiger partial charge is 0.191 e. The van der Waals surface area contributed by atoms with Crippen LogP contribution in [0.5, 0.6) is 0 Å². The fourth-order valence-corrected chi connectivity index (χ4v) is 3.77. The SMILES string of the molecule is CCNC(=NCC1CC(C)N(Cc2ccccc2)C1)NCCn1cccc1. The van der Waals surface area contributed by atoms with Crippen molar-refractivity contribution in [2.45, 2.75) is 39.4 Å². The van der Waals surface area contributed by atoms with Crippen molar-refractivity contribution in [2.75, 3.05) is 26.2 Å². The summed E-state index contributed by atoms with van der Waals surface area (Å²) in [5.74, 6) is 1.56. The zero-order valence-electron chi connectivity index (χ0n) is 16.6. The fourth-order valence-electron chi connectivity index (χ4n) is 3.77. The van der Waals surface area contributed by atoms with E-state index in [0.29, 0.717) is 12.0 Å². The Kier molecular flexibility index (Phi) is 7.34. The molecule has 5 nitrogen and oxygen atoms in total. The topological polar surface area (TPSA) is 44.6 Å². The maximum atomic E-state index is 4.85. The van der Waals surface area contributed by atoms with Crippen LogP contribution in [0.25, 0.3) is 0 Å². The van der Waals surface area contributed by atoms with Gasteiger partial charge in [0.1, 0.15) is 0 Å². The van der Waals surface area contributed by atoms with E-state index in [1.165, 1.54) is 12.0 Å². The molecule has 0 radical (unpaired) electrons. The summed E-state index contributed by atoms with van der Waals surface area (Å²) in [7, 11) is 0. The minimum absolute atomic E-state index is 0.620. The van der Waals surface area contributed by atoms with E-state index < -0.39 is 0 Å². The van der Waals surface area contributed by atoms with Crippen molar-refractivity contribution in [3.63, 3.8) is 0 Å². The van der Waals surface area contributed by atoms with Gasteiger partial charge in [0, 0.05) is 57.7 Å². The molecule has 1 fully saturated rings. The Balaban J connectivity index is 1.47. The first-order chi connectivity index (χ1) is 13.2. The highest BCUT2D eigenvalue weighted by Crippen LogP contribution is 2.25. The van der Waals surface area contributed by atoms with Gasteiger partial charge in [-0.15, -0.1) is 0 Å². The zero-order chi connectivity index (χ0) is 18.9. The van der Waals surface area contributed by atoms with Crippen molar-refractivity contribution in [2.24, 2.45) is 10.9 Å². The molecule has 0 amide bonds. The van der Waals surface area contributed by atoms with Crippen LogP contribution in [-0.2, 0) is 13.1 Å². The molecular weight excluding hydrogens is 334 g/mol. The lowest BCUT2D eigenvalue weighted by Gasteiger charge is -2.20. The van der Waals surface area contributed by atoms with Crippen LogP contribution in [0.3, 0.4) is 0 Å². The van der Waals surface area contributed by atoms with Gasteiger partial charge >= 0.3 is 0 Å². The number of hydrogen-bond acceptors (Lipinski definition) is 2. The lowest BCUT2D eigenvalue weighted by molar-refractivity contribution is 0.256. The molecule has 27 heavy (non-hydrogen) atoms. The molecule has 146 valence electrons. The van der Waals surface area contributed by atoms with Crippen molar-refractivity contribution in [1.82, 2.24) is 20.1 Å². The Morgan fingerprint density at radius 2 is 1.89 bits per heavy atom. The third-order valence-corrected chi connectivity index (χ3v) is 5.20. The van der Waals surface area contributed by atoms with E-state index in [-0.39, 0.29) is 0 Å². The van der Waals surface area contributed by atoms with Crippen LogP contribution in [0.4, 0.5) is 0 Å². The number of likely N-dealkylation sites (tertiary alicyclic amines) is 1. The molecule has 0 aliphatic carbocycles. The second kappa shape index (κ2) is 10.2. The van der Waals surface area contributed by atoms with Crippen LogP contribution in [-0.4, -0.2) is 47.6 Å². The molecule has 2 N–H and O–H groups in total. The standard InChI is InChI=1S/C22H33N5/c1-3-23-22(24-11-14-26-12-7-8-13-26)25-16-21-15-19(2)27(18-21)17-20-9-5-4-6-10-20/h4-10,12-13,19,21H,3,11,14-18H2,1-2H3,(H2,23,24,25). The maximum absolute atomic E-state index is 4.85. The molecule has 1 aliphatic heterocycles. The molecular formula is C22H33N5. The summed E-state index contributed by atoms with van der Waals surface area (Å²) in [6.45, 7) is 10.2. The molecule has 2 unspecified atom stereocenters. The van der Waals surface area contributed by atoms with E-state index in [9.17, 15) is 0 Å². The van der Waals surface area contributed by atoms with E-state index in [1.807, 2.05) is 0 Å². The quantitative estimate of drug-likeness (QED) is 0.557. The molecule has 5 heteroatoms. The van der Waals surface area contributed by atoms with Crippen molar-refractivity contribution in [1.29, 1.82) is 0 Å². The van der Waals surface area contributed by atoms with Crippen molar-refractivity contribution >= 4 is 5.96 Å². The average molecular weight is 368 g/mol. The third-order valence-electron chi connectivity index (χ3n) is 5.20. The largest absolute Gasteiger partial charge is 0.357 e. The molecule has 0 spiro atoms. The third kappa shape index (κ3) is 6.14. The highest BCUT2D eigenvalue weighted by molar-refractivity contribution is 5.79. The van der Waals surface area contributed by atoms with Gasteiger partial charge in [-0.2, -0.15) is 0 Å². The molecule has 2 aromatic rings.